The average molecular weight is 647 g/mol. The van der Waals surface area contributed by atoms with E-state index in [1.807, 2.05) is 58.2 Å². The molecule has 5 heteroatoms. The van der Waals surface area contributed by atoms with Gasteiger partial charge in [0.25, 0.3) is 0 Å². The molecule has 0 unspecified atom stereocenters. The molecule has 2 aromatic heterocycles. The maximum Gasteiger partial charge on any atom is 0.161 e. The monoisotopic (exact) mass is 647 g/mol. The number of rotatable bonds is 4. The summed E-state index contributed by atoms with van der Waals surface area (Å²) in [6, 6.07) is 17.8. The van der Waals surface area contributed by atoms with E-state index in [0.29, 0.717) is 0 Å². The van der Waals surface area contributed by atoms with Crippen LogP contribution in [0.15, 0.2) is 64.9 Å². The van der Waals surface area contributed by atoms with E-state index < -0.39 is 0 Å². The molecule has 0 saturated carbocycles. The van der Waals surface area contributed by atoms with Crippen molar-refractivity contribution in [3.8, 4) is 11.3 Å². The Morgan fingerprint density at radius 1 is 1.03 bits per heavy atom. The number of aliphatic hydroxyl groups excluding tert-OH is 1. The van der Waals surface area contributed by atoms with Crippen molar-refractivity contribution in [2.75, 3.05) is 0 Å². The molecule has 1 N–H and O–H groups in total. The van der Waals surface area contributed by atoms with Crippen LogP contribution in [0.2, 0.25) is 0 Å². The number of ketones is 1. The number of nitrogens with zero attached hydrogens (tertiary/aromatic N) is 1. The number of aliphatic hydroxyl groups is 1. The molecule has 1 aliphatic carbocycles. The second-order valence-electron chi connectivity index (χ2n) is 9.52. The molecule has 5 rings (SSSR count). The Balaban J connectivity index is 0.000000247. The molecule has 0 fully saturated rings. The normalized spacial score (nSPS) is 13.4. The number of furan rings is 1. The third-order valence-corrected chi connectivity index (χ3v) is 6.27. The zero-order chi connectivity index (χ0) is 24.2. The summed E-state index contributed by atoms with van der Waals surface area (Å²) >= 11 is 0. The van der Waals surface area contributed by atoms with Crippen LogP contribution in [0.4, 0.5) is 0 Å². The van der Waals surface area contributed by atoms with Gasteiger partial charge in [-0.25, -0.2) is 0 Å². The van der Waals surface area contributed by atoms with E-state index >= 15 is 0 Å². The van der Waals surface area contributed by atoms with Gasteiger partial charge in [0, 0.05) is 60.7 Å². The van der Waals surface area contributed by atoms with Crippen LogP contribution in [0, 0.1) is 17.9 Å². The second-order valence-corrected chi connectivity index (χ2v) is 9.52. The number of fused-ring (bicyclic) bond motifs is 4. The fourth-order valence-electron chi connectivity index (χ4n) is 4.14. The number of carbonyl (C=O) groups excluding carboxylic acids is 1. The Morgan fingerprint density at radius 3 is 2.37 bits per heavy atom. The number of aryl methyl sites for hydroxylation is 2. The molecule has 0 saturated heterocycles. The van der Waals surface area contributed by atoms with Crippen molar-refractivity contribution in [2.24, 2.45) is 11.8 Å². The number of carbonyl (C=O) groups is 1. The number of hydrogen-bond acceptors (Lipinski definition) is 4. The van der Waals surface area contributed by atoms with Crippen LogP contribution >= 0.6 is 0 Å². The third kappa shape index (κ3) is 6.09. The molecule has 0 bridgehead atoms. The molecule has 0 amide bonds. The average Bonchev–Trinajstić information content (AvgIpc) is 3.20. The van der Waals surface area contributed by atoms with Crippen molar-refractivity contribution in [2.45, 2.75) is 53.4 Å². The minimum atomic E-state index is -0.0316. The maximum absolute atomic E-state index is 11.0. The van der Waals surface area contributed by atoms with Crippen LogP contribution in [-0.4, -0.2) is 15.9 Å². The van der Waals surface area contributed by atoms with E-state index in [4.69, 9.17) is 4.42 Å². The van der Waals surface area contributed by atoms with Crippen LogP contribution in [0.1, 0.15) is 51.7 Å². The maximum atomic E-state index is 11.0. The second kappa shape index (κ2) is 11.8. The van der Waals surface area contributed by atoms with Gasteiger partial charge >= 0.3 is 0 Å². The number of allylic oxidation sites excluding steroid dienone is 2. The molecular formula is C30H32IrNO3-. The van der Waals surface area contributed by atoms with E-state index in [-0.39, 0.29) is 43.5 Å². The minimum absolute atomic E-state index is 0. The predicted octanol–water partition coefficient (Wildman–Crippen LogP) is 7.63. The first-order valence-electron chi connectivity index (χ1n) is 12.1. The van der Waals surface area contributed by atoms with E-state index in [0.717, 1.165) is 27.8 Å². The van der Waals surface area contributed by atoms with Crippen molar-refractivity contribution in [1.29, 1.82) is 0 Å². The zero-order valence-electron chi connectivity index (χ0n) is 20.7. The molecule has 1 radical (unpaired) electrons. The summed E-state index contributed by atoms with van der Waals surface area (Å²) in [6.07, 6.45) is 8.11. The van der Waals surface area contributed by atoms with E-state index in [1.165, 1.54) is 48.3 Å². The van der Waals surface area contributed by atoms with E-state index in [2.05, 4.69) is 29.2 Å². The van der Waals surface area contributed by atoms with Crippen molar-refractivity contribution in [3.05, 3.63) is 77.7 Å². The summed E-state index contributed by atoms with van der Waals surface area (Å²) in [5, 5.41) is 11.5. The van der Waals surface area contributed by atoms with Gasteiger partial charge in [-0.05, 0) is 55.0 Å². The van der Waals surface area contributed by atoms with Crippen LogP contribution in [0.3, 0.4) is 0 Å². The summed E-state index contributed by atoms with van der Waals surface area (Å²) in [4.78, 5) is 15.6. The Bertz CT molecular complexity index is 1340. The van der Waals surface area contributed by atoms with Crippen LogP contribution < -0.4 is 0 Å². The number of benzene rings is 2. The van der Waals surface area contributed by atoms with Crippen molar-refractivity contribution >= 4 is 27.7 Å². The van der Waals surface area contributed by atoms with Gasteiger partial charge in [-0.1, -0.05) is 27.7 Å². The molecule has 4 nitrogen and oxygen atoms in total. The summed E-state index contributed by atoms with van der Waals surface area (Å²) in [5.41, 5.74) is 6.62. The van der Waals surface area contributed by atoms with Crippen LogP contribution in [0.25, 0.3) is 33.2 Å². The Labute approximate surface area is 220 Å². The van der Waals surface area contributed by atoms with Crippen LogP contribution in [0.5, 0.6) is 0 Å². The third-order valence-electron chi connectivity index (χ3n) is 6.27. The van der Waals surface area contributed by atoms with E-state index in [1.54, 1.807) is 0 Å². The van der Waals surface area contributed by atoms with Gasteiger partial charge in [0.1, 0.15) is 11.2 Å². The molecule has 2 heterocycles. The Morgan fingerprint density at radius 2 is 1.74 bits per heavy atom. The van der Waals surface area contributed by atoms with Gasteiger partial charge in [-0.3, -0.25) is 4.79 Å². The number of aromatic nitrogens is 1. The van der Waals surface area contributed by atoms with Gasteiger partial charge in [0.2, 0.25) is 0 Å². The first-order chi connectivity index (χ1) is 16.3. The Kier molecular flexibility index (Phi) is 9.04. The zero-order valence-corrected chi connectivity index (χ0v) is 23.1. The largest absolute Gasteiger partial charge is 0.512 e. The topological polar surface area (TPSA) is 63.3 Å². The summed E-state index contributed by atoms with van der Waals surface area (Å²) in [5.74, 6) is 0.161. The van der Waals surface area contributed by atoms with Gasteiger partial charge in [-0.15, -0.1) is 35.9 Å². The molecule has 4 aromatic rings. The molecule has 0 atom stereocenters. The van der Waals surface area contributed by atoms with Gasteiger partial charge in [-0.2, -0.15) is 0 Å². The summed E-state index contributed by atoms with van der Waals surface area (Å²) in [6.45, 7) is 7.32. The molecular weight excluding hydrogens is 615 g/mol. The molecule has 1 aliphatic rings. The standard InChI is InChI=1S/C21H16NO.C9H16O2.Ir/c1-2-6-14(7-3-1)20-21-17(10-11-22-20)18-12-15-8-4-5-9-16(15)13-19(18)23-21;1-6(2)8(10)5-9(11)7(3)4;/h1-3,6,10-13H,4-5,8-9H2;5-7,10H,1-4H3;/q-1;;/b;8-5-;. The molecule has 185 valence electrons. The molecule has 0 spiro atoms. The SMILES string of the molecule is CC(C)C(=O)/C=C(\O)C(C)C.[Ir].[c-]1ccccc1-c1nccc2c1oc1cc3c(cc12)CCCC3. The first-order valence-corrected chi connectivity index (χ1v) is 12.1. The van der Waals surface area contributed by atoms with Crippen molar-refractivity contribution in [3.63, 3.8) is 0 Å². The fourth-order valence-corrected chi connectivity index (χ4v) is 4.14. The van der Waals surface area contributed by atoms with E-state index in [9.17, 15) is 9.90 Å². The summed E-state index contributed by atoms with van der Waals surface area (Å²) < 4.78 is 6.22. The summed E-state index contributed by atoms with van der Waals surface area (Å²) in [7, 11) is 0. The number of hydrogen-bond donors (Lipinski definition) is 1. The molecule has 2 aromatic carbocycles. The van der Waals surface area contributed by atoms with Crippen molar-refractivity contribution < 1.29 is 34.4 Å². The predicted molar refractivity (Wildman–Crippen MR) is 138 cm³/mol. The van der Waals surface area contributed by atoms with Gasteiger partial charge in [0.05, 0.1) is 5.76 Å². The van der Waals surface area contributed by atoms with Crippen molar-refractivity contribution in [1.82, 2.24) is 4.98 Å². The quantitative estimate of drug-likeness (QED) is 0.141. The molecule has 0 aliphatic heterocycles. The Hall–Kier alpha value is -2.75. The van der Waals surface area contributed by atoms with Gasteiger partial charge in [0.15, 0.2) is 5.78 Å². The first kappa shape index (κ1) is 26.8. The fraction of sp³-hybridized carbons (Fsp3) is 0.333. The van der Waals surface area contributed by atoms with Gasteiger partial charge < -0.3 is 14.5 Å². The smallest absolute Gasteiger partial charge is 0.161 e. The minimum Gasteiger partial charge on any atom is -0.512 e. The number of pyridine rings is 1. The van der Waals surface area contributed by atoms with Crippen LogP contribution in [-0.2, 0) is 37.7 Å². The molecule has 35 heavy (non-hydrogen) atoms.